The summed E-state index contributed by atoms with van der Waals surface area (Å²) in [6.07, 6.45) is -4.06. The van der Waals surface area contributed by atoms with E-state index in [1.54, 1.807) is 19.1 Å². The van der Waals surface area contributed by atoms with Crippen LogP contribution < -0.4 is 4.31 Å². The van der Waals surface area contributed by atoms with Gasteiger partial charge in [0.1, 0.15) is 0 Å². The van der Waals surface area contributed by atoms with Crippen molar-refractivity contribution in [1.29, 1.82) is 0 Å². The van der Waals surface area contributed by atoms with Crippen molar-refractivity contribution in [1.82, 2.24) is 0 Å². The van der Waals surface area contributed by atoms with E-state index in [1.807, 2.05) is 0 Å². The molecule has 10 heteroatoms. The van der Waals surface area contributed by atoms with Crippen LogP contribution in [0.5, 0.6) is 0 Å². The van der Waals surface area contributed by atoms with Crippen LogP contribution >= 0.6 is 0 Å². The average Bonchev–Trinajstić information content (AvgIpc) is 3.15. The van der Waals surface area contributed by atoms with Crippen molar-refractivity contribution < 1.29 is 35.9 Å². The van der Waals surface area contributed by atoms with Crippen molar-refractivity contribution in [2.45, 2.75) is 19.5 Å². The lowest BCUT2D eigenvalue weighted by atomic mass is 10.1. The largest absolute Gasteiger partial charge is 0.454 e. The molecule has 1 heterocycles. The van der Waals surface area contributed by atoms with Crippen molar-refractivity contribution in [3.8, 4) is 0 Å². The van der Waals surface area contributed by atoms with Crippen LogP contribution in [0.25, 0.3) is 0 Å². The van der Waals surface area contributed by atoms with Crippen molar-refractivity contribution in [3.05, 3.63) is 64.7 Å². The number of alkyl halides is 3. The highest BCUT2D eigenvalue weighted by atomic mass is 32.2. The number of Topliss-reactive ketones (excluding diaryl/α,β-unsaturated/α-hetero) is 1. The molecule has 0 N–H and O–H groups in total. The van der Waals surface area contributed by atoms with Crippen LogP contribution in [-0.4, -0.2) is 39.1 Å². The highest BCUT2D eigenvalue weighted by molar-refractivity contribution is 7.92. The second kappa shape index (κ2) is 8.10. The van der Waals surface area contributed by atoms with E-state index < -0.39 is 40.1 Å². The zero-order valence-electron chi connectivity index (χ0n) is 15.9. The molecule has 0 atom stereocenters. The molecule has 2 aromatic carbocycles. The number of ketones is 1. The van der Waals surface area contributed by atoms with Gasteiger partial charge in [-0.3, -0.25) is 9.10 Å². The number of sulfonamides is 1. The Morgan fingerprint density at radius 3 is 2.30 bits per heavy atom. The van der Waals surface area contributed by atoms with Crippen LogP contribution in [0.3, 0.4) is 0 Å². The van der Waals surface area contributed by atoms with Crippen molar-refractivity contribution >= 4 is 27.5 Å². The number of fused-ring (bicyclic) bond motifs is 1. The molecule has 6 nitrogen and oxygen atoms in total. The second-order valence-electron chi connectivity index (χ2n) is 6.64. The number of ether oxygens (including phenoxy) is 1. The lowest BCUT2D eigenvalue weighted by Gasteiger charge is -2.18. The van der Waals surface area contributed by atoms with Gasteiger partial charge in [-0.1, -0.05) is 0 Å². The van der Waals surface area contributed by atoms with Crippen LogP contribution in [0.1, 0.15) is 38.8 Å². The highest BCUT2D eigenvalue weighted by Gasteiger charge is 2.31. The number of rotatable bonds is 6. The molecule has 0 spiro atoms. The van der Waals surface area contributed by atoms with E-state index in [1.165, 1.54) is 10.4 Å². The van der Waals surface area contributed by atoms with Crippen LogP contribution in [0.4, 0.5) is 18.9 Å². The number of esters is 1. The van der Waals surface area contributed by atoms with Crippen LogP contribution in [0, 0.1) is 0 Å². The molecule has 1 aliphatic heterocycles. The average molecular weight is 441 g/mol. The molecule has 3 rings (SSSR count). The maximum atomic E-state index is 12.6. The Morgan fingerprint density at radius 1 is 1.07 bits per heavy atom. The lowest BCUT2D eigenvalue weighted by molar-refractivity contribution is -0.137. The topological polar surface area (TPSA) is 80.8 Å². The molecule has 0 unspecified atom stereocenters. The van der Waals surface area contributed by atoms with Crippen LogP contribution in [-0.2, 0) is 27.4 Å². The smallest absolute Gasteiger partial charge is 0.416 e. The lowest BCUT2D eigenvalue weighted by Crippen LogP contribution is -2.30. The van der Waals surface area contributed by atoms with Gasteiger partial charge in [-0.25, -0.2) is 13.2 Å². The van der Waals surface area contributed by atoms with Crippen molar-refractivity contribution in [2.24, 2.45) is 0 Å². The van der Waals surface area contributed by atoms with Crippen molar-refractivity contribution in [2.75, 3.05) is 23.2 Å². The predicted octanol–water partition coefficient (Wildman–Crippen LogP) is 3.46. The minimum atomic E-state index is -4.52. The first-order valence-electron chi connectivity index (χ1n) is 9.04. The molecule has 0 aromatic heterocycles. The van der Waals surface area contributed by atoms with Gasteiger partial charge in [0.15, 0.2) is 12.4 Å². The van der Waals surface area contributed by atoms with Gasteiger partial charge in [0, 0.05) is 12.1 Å². The number of halogens is 3. The fourth-order valence-electron chi connectivity index (χ4n) is 3.08. The maximum absolute atomic E-state index is 12.6. The number of carbonyl (C=O) groups excluding carboxylic acids is 2. The maximum Gasteiger partial charge on any atom is 0.416 e. The molecule has 0 bridgehead atoms. The molecule has 1 aliphatic rings. The summed E-state index contributed by atoms with van der Waals surface area (Å²) in [6.45, 7) is 1.26. The number of carbonyl (C=O) groups is 2. The van der Waals surface area contributed by atoms with E-state index in [0.717, 1.165) is 24.3 Å². The SMILES string of the molecule is CCS(=O)(=O)N1CCc2cc(C(=O)COC(=O)c3ccc(C(F)(F)F)cc3)ccc21. The summed E-state index contributed by atoms with van der Waals surface area (Å²) in [5.41, 5.74) is 0.476. The molecule has 0 saturated heterocycles. The van der Waals surface area contributed by atoms with E-state index in [9.17, 15) is 31.2 Å². The number of anilines is 1. The first-order chi connectivity index (χ1) is 14.0. The van der Waals surface area contributed by atoms with E-state index in [2.05, 4.69) is 0 Å². The first-order valence-corrected chi connectivity index (χ1v) is 10.6. The van der Waals surface area contributed by atoms with E-state index in [4.69, 9.17) is 4.74 Å². The Kier molecular flexibility index (Phi) is 5.89. The third kappa shape index (κ3) is 4.48. The van der Waals surface area contributed by atoms with Crippen LogP contribution in [0.2, 0.25) is 0 Å². The minimum Gasteiger partial charge on any atom is -0.454 e. The molecule has 160 valence electrons. The number of benzene rings is 2. The molecule has 2 aromatic rings. The molecule has 30 heavy (non-hydrogen) atoms. The minimum absolute atomic E-state index is 0.0347. The highest BCUT2D eigenvalue weighted by Crippen LogP contribution is 2.31. The number of nitrogens with zero attached hydrogens (tertiary/aromatic N) is 1. The van der Waals surface area contributed by atoms with Gasteiger partial charge in [-0.15, -0.1) is 0 Å². The van der Waals surface area contributed by atoms with Gasteiger partial charge in [-0.2, -0.15) is 13.2 Å². The summed E-state index contributed by atoms with van der Waals surface area (Å²) in [4.78, 5) is 24.3. The predicted molar refractivity (Wildman–Crippen MR) is 103 cm³/mol. The standard InChI is InChI=1S/C20H18F3NO5S/c1-2-30(27,28)24-10-9-14-11-15(5-8-17(14)24)18(25)12-29-19(26)13-3-6-16(7-4-13)20(21,22)23/h3-8,11H,2,9-10,12H2,1H3. The molecule has 0 aliphatic carbocycles. The van der Waals surface area contributed by atoms with Gasteiger partial charge in [-0.05, 0) is 61.4 Å². The van der Waals surface area contributed by atoms with Gasteiger partial charge < -0.3 is 4.74 Å². The Balaban J connectivity index is 1.65. The summed E-state index contributed by atoms with van der Waals surface area (Å²) in [5, 5.41) is 0. The molecule has 0 saturated carbocycles. The summed E-state index contributed by atoms with van der Waals surface area (Å²) in [5.74, 6) is -1.46. The summed E-state index contributed by atoms with van der Waals surface area (Å²) in [6, 6.07) is 8.04. The molecule has 0 radical (unpaired) electrons. The Morgan fingerprint density at radius 2 is 1.70 bits per heavy atom. The fourth-order valence-corrected chi connectivity index (χ4v) is 4.24. The Bertz CT molecular complexity index is 1080. The van der Waals surface area contributed by atoms with E-state index in [0.29, 0.717) is 24.2 Å². The zero-order chi connectivity index (χ0) is 22.1. The van der Waals surface area contributed by atoms with E-state index in [-0.39, 0.29) is 16.9 Å². The van der Waals surface area contributed by atoms with Gasteiger partial charge in [0.05, 0.1) is 22.6 Å². The number of hydrogen-bond donors (Lipinski definition) is 0. The second-order valence-corrected chi connectivity index (χ2v) is 8.82. The third-order valence-electron chi connectivity index (χ3n) is 4.74. The summed E-state index contributed by atoms with van der Waals surface area (Å²) in [7, 11) is -3.40. The third-order valence-corrected chi connectivity index (χ3v) is 6.52. The van der Waals surface area contributed by atoms with Crippen molar-refractivity contribution in [3.63, 3.8) is 0 Å². The fraction of sp³-hybridized carbons (Fsp3) is 0.300. The van der Waals surface area contributed by atoms with Gasteiger partial charge in [0.2, 0.25) is 10.0 Å². The Labute approximate surface area is 171 Å². The molecular weight excluding hydrogens is 423 g/mol. The molecular formula is C20H18F3NO5S. The Hall–Kier alpha value is -2.88. The summed E-state index contributed by atoms with van der Waals surface area (Å²) < 4.78 is 68.1. The molecule has 0 fully saturated rings. The van der Waals surface area contributed by atoms with Crippen LogP contribution in [0.15, 0.2) is 42.5 Å². The molecule has 0 amide bonds. The van der Waals surface area contributed by atoms with E-state index >= 15 is 0 Å². The quantitative estimate of drug-likeness (QED) is 0.507. The first kappa shape index (κ1) is 21.8. The van der Waals surface area contributed by atoms with Gasteiger partial charge >= 0.3 is 12.1 Å². The summed E-state index contributed by atoms with van der Waals surface area (Å²) >= 11 is 0. The monoisotopic (exact) mass is 441 g/mol. The zero-order valence-corrected chi connectivity index (χ0v) is 16.7. The number of hydrogen-bond acceptors (Lipinski definition) is 5. The van der Waals surface area contributed by atoms with Gasteiger partial charge in [0.25, 0.3) is 0 Å². The normalized spacial score (nSPS) is 13.8.